The van der Waals surface area contributed by atoms with Crippen molar-refractivity contribution >= 4 is 33.2 Å². The lowest BCUT2D eigenvalue weighted by Crippen LogP contribution is -2.29. The summed E-state index contributed by atoms with van der Waals surface area (Å²) >= 11 is 5.27. The Kier molecular flexibility index (Phi) is 6.61. The number of carbonyl (C=O) groups is 1. The van der Waals surface area contributed by atoms with E-state index in [-0.39, 0.29) is 5.91 Å². The normalized spacial score (nSPS) is 10.7. The summed E-state index contributed by atoms with van der Waals surface area (Å²) in [7, 11) is 1.85. The van der Waals surface area contributed by atoms with Crippen LogP contribution in [0.2, 0.25) is 0 Å². The molecular weight excluding hydrogens is 360 g/mol. The van der Waals surface area contributed by atoms with Gasteiger partial charge in [0.1, 0.15) is 0 Å². The van der Waals surface area contributed by atoms with Crippen LogP contribution in [-0.4, -0.2) is 24.4 Å². The first-order chi connectivity index (χ1) is 10.6. The fourth-order valence-corrected chi connectivity index (χ4v) is 3.43. The minimum absolute atomic E-state index is 0.158. The first kappa shape index (κ1) is 17.2. The molecule has 0 bridgehead atoms. The minimum Gasteiger partial charge on any atom is -0.341 e. The molecule has 0 atom stereocenters. The molecular formula is C17H21BrN2OS. The molecule has 0 saturated heterocycles. The molecule has 0 aliphatic rings. The van der Waals surface area contributed by atoms with Gasteiger partial charge in [0.2, 0.25) is 5.91 Å². The second-order valence-corrected chi connectivity index (χ2v) is 7.15. The van der Waals surface area contributed by atoms with Crippen molar-refractivity contribution < 1.29 is 4.79 Å². The second-order valence-electron chi connectivity index (χ2n) is 5.29. The van der Waals surface area contributed by atoms with Gasteiger partial charge in [0.25, 0.3) is 0 Å². The smallest absolute Gasteiger partial charge is 0.223 e. The molecule has 2 aromatic rings. The van der Waals surface area contributed by atoms with Crippen molar-refractivity contribution in [1.82, 2.24) is 10.2 Å². The third-order valence-electron chi connectivity index (χ3n) is 3.56. The Morgan fingerprint density at radius 1 is 1.32 bits per heavy atom. The number of rotatable bonds is 7. The molecule has 1 aromatic carbocycles. The summed E-state index contributed by atoms with van der Waals surface area (Å²) in [5.41, 5.74) is 2.44. The van der Waals surface area contributed by atoms with Crippen molar-refractivity contribution in [3.8, 4) is 0 Å². The first-order valence-corrected chi connectivity index (χ1v) is 8.96. The molecule has 1 N–H and O–H groups in total. The van der Waals surface area contributed by atoms with Gasteiger partial charge in [-0.25, -0.2) is 0 Å². The molecule has 0 aliphatic carbocycles. The minimum atomic E-state index is 0.158. The summed E-state index contributed by atoms with van der Waals surface area (Å²) < 4.78 is 1.04. The molecule has 0 radical (unpaired) electrons. The zero-order chi connectivity index (χ0) is 15.9. The van der Waals surface area contributed by atoms with E-state index in [1.807, 2.05) is 31.3 Å². The average molecular weight is 381 g/mol. The van der Waals surface area contributed by atoms with E-state index in [4.69, 9.17) is 0 Å². The first-order valence-electron chi connectivity index (χ1n) is 7.29. The predicted molar refractivity (Wildman–Crippen MR) is 96.0 cm³/mol. The molecule has 3 nitrogen and oxygen atoms in total. The third kappa shape index (κ3) is 4.93. The molecule has 0 unspecified atom stereocenters. The van der Waals surface area contributed by atoms with Crippen LogP contribution in [0, 0.1) is 6.92 Å². The Morgan fingerprint density at radius 2 is 2.09 bits per heavy atom. The van der Waals surface area contributed by atoms with Crippen LogP contribution in [0.15, 0.2) is 40.2 Å². The van der Waals surface area contributed by atoms with Gasteiger partial charge in [0, 0.05) is 42.5 Å². The standard InChI is InChI=1S/C17H21BrN2OS/c1-13-8-10-22-16(13)11-19-9-7-17(21)20(2)12-14-5-3-4-6-15(14)18/h3-6,8,10,19H,7,9,11-12H2,1-2H3. The van der Waals surface area contributed by atoms with E-state index in [2.05, 4.69) is 39.6 Å². The van der Waals surface area contributed by atoms with Gasteiger partial charge in [0.15, 0.2) is 0 Å². The maximum Gasteiger partial charge on any atom is 0.223 e. The molecule has 1 amide bonds. The topological polar surface area (TPSA) is 32.3 Å². The van der Waals surface area contributed by atoms with Gasteiger partial charge in [0.05, 0.1) is 0 Å². The number of hydrogen-bond acceptors (Lipinski definition) is 3. The van der Waals surface area contributed by atoms with E-state index < -0.39 is 0 Å². The maximum atomic E-state index is 12.2. The SMILES string of the molecule is Cc1ccsc1CNCCC(=O)N(C)Cc1ccccc1Br. The lowest BCUT2D eigenvalue weighted by molar-refractivity contribution is -0.130. The van der Waals surface area contributed by atoms with Gasteiger partial charge >= 0.3 is 0 Å². The maximum absolute atomic E-state index is 12.2. The molecule has 0 saturated carbocycles. The monoisotopic (exact) mass is 380 g/mol. The average Bonchev–Trinajstić information content (AvgIpc) is 2.91. The zero-order valence-electron chi connectivity index (χ0n) is 12.9. The highest BCUT2D eigenvalue weighted by Crippen LogP contribution is 2.17. The summed E-state index contributed by atoms with van der Waals surface area (Å²) in [4.78, 5) is 15.3. The molecule has 1 heterocycles. The van der Waals surface area contributed by atoms with Crippen LogP contribution in [0.3, 0.4) is 0 Å². The quantitative estimate of drug-likeness (QED) is 0.737. The van der Waals surface area contributed by atoms with Crippen LogP contribution in [0.25, 0.3) is 0 Å². The van der Waals surface area contributed by atoms with Crippen LogP contribution >= 0.6 is 27.3 Å². The van der Waals surface area contributed by atoms with Crippen molar-refractivity contribution in [2.24, 2.45) is 0 Å². The summed E-state index contributed by atoms with van der Waals surface area (Å²) in [6, 6.07) is 10.1. The number of halogens is 1. The molecule has 5 heteroatoms. The highest BCUT2D eigenvalue weighted by molar-refractivity contribution is 9.10. The number of aryl methyl sites for hydroxylation is 1. The van der Waals surface area contributed by atoms with Gasteiger partial charge in [-0.15, -0.1) is 11.3 Å². The van der Waals surface area contributed by atoms with Gasteiger partial charge in [-0.3, -0.25) is 4.79 Å². The highest BCUT2D eigenvalue weighted by atomic mass is 79.9. The Balaban J connectivity index is 1.73. The molecule has 2 rings (SSSR count). The number of amides is 1. The van der Waals surface area contributed by atoms with Crippen molar-refractivity contribution in [3.05, 3.63) is 56.2 Å². The summed E-state index contributed by atoms with van der Waals surface area (Å²) in [5.74, 6) is 0.158. The van der Waals surface area contributed by atoms with Gasteiger partial charge in [-0.05, 0) is 35.6 Å². The zero-order valence-corrected chi connectivity index (χ0v) is 15.3. The van der Waals surface area contributed by atoms with Gasteiger partial charge in [-0.1, -0.05) is 34.1 Å². The van der Waals surface area contributed by atoms with Crippen LogP contribution in [-0.2, 0) is 17.9 Å². The van der Waals surface area contributed by atoms with Crippen LogP contribution in [0.4, 0.5) is 0 Å². The number of thiophene rings is 1. The Labute approximate surface area is 144 Å². The van der Waals surface area contributed by atoms with Crippen molar-refractivity contribution in [2.75, 3.05) is 13.6 Å². The lowest BCUT2D eigenvalue weighted by atomic mass is 10.2. The fourth-order valence-electron chi connectivity index (χ4n) is 2.14. The van der Waals surface area contributed by atoms with Crippen molar-refractivity contribution in [2.45, 2.75) is 26.4 Å². The Morgan fingerprint density at radius 3 is 2.77 bits per heavy atom. The number of benzene rings is 1. The summed E-state index contributed by atoms with van der Waals surface area (Å²) in [6.07, 6.45) is 0.519. The molecule has 0 fully saturated rings. The second kappa shape index (κ2) is 8.46. The number of nitrogens with one attached hydrogen (secondary N) is 1. The van der Waals surface area contributed by atoms with E-state index in [9.17, 15) is 4.79 Å². The van der Waals surface area contributed by atoms with Crippen molar-refractivity contribution in [1.29, 1.82) is 0 Å². The van der Waals surface area contributed by atoms with Crippen LogP contribution in [0.5, 0.6) is 0 Å². The van der Waals surface area contributed by atoms with Crippen molar-refractivity contribution in [3.63, 3.8) is 0 Å². The predicted octanol–water partition coefficient (Wildman–Crippen LogP) is 3.96. The van der Waals surface area contributed by atoms with Gasteiger partial charge < -0.3 is 10.2 Å². The molecule has 22 heavy (non-hydrogen) atoms. The van der Waals surface area contributed by atoms with E-state index in [0.717, 1.165) is 16.6 Å². The summed E-state index contributed by atoms with van der Waals surface area (Å²) in [6.45, 7) is 4.29. The van der Waals surface area contributed by atoms with E-state index in [1.165, 1.54) is 10.4 Å². The van der Waals surface area contributed by atoms with E-state index in [1.54, 1.807) is 16.2 Å². The van der Waals surface area contributed by atoms with E-state index in [0.29, 0.717) is 19.5 Å². The number of nitrogens with zero attached hydrogens (tertiary/aromatic N) is 1. The Hall–Kier alpha value is -1.17. The Bertz CT molecular complexity index is 627. The number of hydrogen-bond donors (Lipinski definition) is 1. The fraction of sp³-hybridized carbons (Fsp3) is 0.353. The highest BCUT2D eigenvalue weighted by Gasteiger charge is 2.10. The molecule has 1 aromatic heterocycles. The number of carbonyl (C=O) groups excluding carboxylic acids is 1. The summed E-state index contributed by atoms with van der Waals surface area (Å²) in [5, 5.41) is 5.44. The van der Waals surface area contributed by atoms with E-state index >= 15 is 0 Å². The molecule has 118 valence electrons. The lowest BCUT2D eigenvalue weighted by Gasteiger charge is -2.18. The largest absolute Gasteiger partial charge is 0.341 e. The molecule has 0 spiro atoms. The van der Waals surface area contributed by atoms with Crippen LogP contribution < -0.4 is 5.32 Å². The van der Waals surface area contributed by atoms with Crippen LogP contribution in [0.1, 0.15) is 22.4 Å². The van der Waals surface area contributed by atoms with Gasteiger partial charge in [-0.2, -0.15) is 0 Å². The molecule has 0 aliphatic heterocycles. The third-order valence-corrected chi connectivity index (χ3v) is 5.36.